The molecule has 130 valence electrons. The van der Waals surface area contributed by atoms with Crippen LogP contribution in [-0.2, 0) is 33.6 Å². The highest BCUT2D eigenvalue weighted by Crippen LogP contribution is 2.75. The van der Waals surface area contributed by atoms with Gasteiger partial charge in [-0.15, -0.1) is 0 Å². The topological polar surface area (TPSA) is 71.1 Å². The highest BCUT2D eigenvalue weighted by Gasteiger charge is 2.61. The second-order valence-electron chi connectivity index (χ2n) is 5.90. The van der Waals surface area contributed by atoms with Crippen LogP contribution in [0, 0.1) is 6.92 Å². The van der Waals surface area contributed by atoms with E-state index in [2.05, 4.69) is 0 Å². The van der Waals surface area contributed by atoms with Crippen LogP contribution in [0.2, 0.25) is 0 Å². The fraction of sp³-hybridized carbons (Fsp3) is 0.600. The smallest absolute Gasteiger partial charge is 0.312 e. The van der Waals surface area contributed by atoms with Crippen molar-refractivity contribution in [3.8, 4) is 0 Å². The Morgan fingerprint density at radius 1 is 1.26 bits per heavy atom. The lowest BCUT2D eigenvalue weighted by Gasteiger charge is -2.29. The third-order valence-corrected chi connectivity index (χ3v) is 9.26. The molecule has 0 bridgehead atoms. The van der Waals surface area contributed by atoms with E-state index in [1.54, 1.807) is 6.92 Å². The summed E-state index contributed by atoms with van der Waals surface area (Å²) in [6, 6.07) is 7.96. The molecule has 0 radical (unpaired) electrons. The van der Waals surface area contributed by atoms with Gasteiger partial charge in [-0.2, -0.15) is 0 Å². The Morgan fingerprint density at radius 2 is 1.83 bits per heavy atom. The molecule has 0 amide bonds. The standard InChI is InChI=1S/C15H24O6P2/c1-12-6-8-13(9-7-12)10-14-11-15(2,21-22(14,16)18-3)23(17,19-4)20-5/h6-9,14H,10-11H2,1-5H3. The van der Waals surface area contributed by atoms with Crippen molar-refractivity contribution in [2.24, 2.45) is 0 Å². The summed E-state index contributed by atoms with van der Waals surface area (Å²) in [5.74, 6) is 0. The highest BCUT2D eigenvalue weighted by molar-refractivity contribution is 7.59. The van der Waals surface area contributed by atoms with Crippen LogP contribution in [0.5, 0.6) is 0 Å². The van der Waals surface area contributed by atoms with Crippen LogP contribution in [0.15, 0.2) is 24.3 Å². The van der Waals surface area contributed by atoms with Crippen molar-refractivity contribution in [2.75, 3.05) is 21.3 Å². The van der Waals surface area contributed by atoms with Gasteiger partial charge in [0.05, 0.1) is 5.66 Å². The molecule has 6 nitrogen and oxygen atoms in total. The molecule has 23 heavy (non-hydrogen) atoms. The Kier molecular flexibility index (Phi) is 5.57. The molecule has 0 saturated carbocycles. The summed E-state index contributed by atoms with van der Waals surface area (Å²) in [5, 5.41) is -1.29. The molecule has 1 aliphatic heterocycles. The van der Waals surface area contributed by atoms with Gasteiger partial charge in [-0.25, -0.2) is 0 Å². The third-order valence-electron chi connectivity index (χ3n) is 4.29. The van der Waals surface area contributed by atoms with Gasteiger partial charge in [0.25, 0.3) is 0 Å². The average Bonchev–Trinajstić information content (AvgIpc) is 2.81. The molecule has 1 aliphatic rings. The number of hydrogen-bond acceptors (Lipinski definition) is 6. The van der Waals surface area contributed by atoms with Crippen LogP contribution < -0.4 is 0 Å². The molecule has 1 saturated heterocycles. The molecule has 2 rings (SSSR count). The minimum absolute atomic E-state index is 0.269. The van der Waals surface area contributed by atoms with Crippen molar-refractivity contribution in [1.29, 1.82) is 0 Å². The van der Waals surface area contributed by atoms with Gasteiger partial charge < -0.3 is 13.6 Å². The first-order chi connectivity index (χ1) is 10.7. The van der Waals surface area contributed by atoms with Crippen LogP contribution in [0.3, 0.4) is 0 Å². The van der Waals surface area contributed by atoms with E-state index < -0.39 is 26.2 Å². The Labute approximate surface area is 137 Å². The van der Waals surface area contributed by atoms with Crippen molar-refractivity contribution < 1.29 is 27.2 Å². The number of aryl methyl sites for hydroxylation is 1. The number of hydrogen-bond donors (Lipinski definition) is 0. The zero-order valence-electron chi connectivity index (χ0n) is 14.1. The normalized spacial score (nSPS) is 31.4. The fourth-order valence-corrected chi connectivity index (χ4v) is 7.33. The fourth-order valence-electron chi connectivity index (χ4n) is 2.92. The van der Waals surface area contributed by atoms with E-state index >= 15 is 0 Å². The molecule has 0 aromatic heterocycles. The Hall–Kier alpha value is -0.480. The molecule has 3 atom stereocenters. The molecular weight excluding hydrogens is 338 g/mol. The molecular formula is C15H24O6P2. The average molecular weight is 362 g/mol. The van der Waals surface area contributed by atoms with Gasteiger partial charge in [-0.05, 0) is 25.8 Å². The quantitative estimate of drug-likeness (QED) is 0.700. The maximum Gasteiger partial charge on any atom is 0.361 e. The van der Waals surface area contributed by atoms with Gasteiger partial charge in [0.15, 0.2) is 5.34 Å². The van der Waals surface area contributed by atoms with Gasteiger partial charge in [-0.3, -0.25) is 13.7 Å². The lowest BCUT2D eigenvalue weighted by molar-refractivity contribution is 0.119. The second kappa shape index (κ2) is 6.79. The summed E-state index contributed by atoms with van der Waals surface area (Å²) in [7, 11) is -3.04. The van der Waals surface area contributed by atoms with Crippen LogP contribution in [0.1, 0.15) is 24.5 Å². The first-order valence-electron chi connectivity index (χ1n) is 7.35. The van der Waals surface area contributed by atoms with Crippen molar-refractivity contribution in [1.82, 2.24) is 0 Å². The Bertz CT molecular complexity index is 636. The van der Waals surface area contributed by atoms with Crippen LogP contribution in [-0.4, -0.2) is 32.3 Å². The molecule has 3 unspecified atom stereocenters. The number of benzene rings is 1. The minimum Gasteiger partial charge on any atom is -0.312 e. The molecule has 8 heteroatoms. The Morgan fingerprint density at radius 3 is 2.30 bits per heavy atom. The van der Waals surface area contributed by atoms with Gasteiger partial charge in [0, 0.05) is 27.8 Å². The zero-order valence-corrected chi connectivity index (χ0v) is 15.9. The van der Waals surface area contributed by atoms with E-state index in [4.69, 9.17) is 18.1 Å². The van der Waals surface area contributed by atoms with Gasteiger partial charge >= 0.3 is 15.2 Å². The van der Waals surface area contributed by atoms with Crippen molar-refractivity contribution in [3.63, 3.8) is 0 Å². The predicted molar refractivity (Wildman–Crippen MR) is 89.0 cm³/mol. The van der Waals surface area contributed by atoms with Gasteiger partial charge in [0.1, 0.15) is 0 Å². The maximum absolute atomic E-state index is 13.0. The van der Waals surface area contributed by atoms with Crippen LogP contribution >= 0.6 is 15.2 Å². The summed E-state index contributed by atoms with van der Waals surface area (Å²) >= 11 is 0. The van der Waals surface area contributed by atoms with E-state index in [9.17, 15) is 9.13 Å². The molecule has 1 aromatic rings. The molecule has 1 aromatic carbocycles. The van der Waals surface area contributed by atoms with E-state index in [-0.39, 0.29) is 6.42 Å². The van der Waals surface area contributed by atoms with Crippen molar-refractivity contribution in [2.45, 2.75) is 37.7 Å². The van der Waals surface area contributed by atoms with Crippen LogP contribution in [0.25, 0.3) is 0 Å². The van der Waals surface area contributed by atoms with Crippen molar-refractivity contribution >= 4 is 15.2 Å². The lowest BCUT2D eigenvalue weighted by Crippen LogP contribution is -2.25. The van der Waals surface area contributed by atoms with E-state index in [0.717, 1.165) is 11.1 Å². The van der Waals surface area contributed by atoms with E-state index in [0.29, 0.717) is 6.42 Å². The van der Waals surface area contributed by atoms with E-state index in [1.165, 1.54) is 21.3 Å². The Balaban J connectivity index is 2.31. The highest BCUT2D eigenvalue weighted by atomic mass is 31.2. The minimum atomic E-state index is -3.56. The molecule has 1 heterocycles. The monoisotopic (exact) mass is 362 g/mol. The summed E-state index contributed by atoms with van der Waals surface area (Å²) in [6.07, 6.45) is 0.777. The zero-order chi connectivity index (χ0) is 17.3. The van der Waals surface area contributed by atoms with Crippen molar-refractivity contribution in [3.05, 3.63) is 35.4 Å². The largest absolute Gasteiger partial charge is 0.361 e. The third kappa shape index (κ3) is 3.48. The molecule has 1 fully saturated rings. The predicted octanol–water partition coefficient (Wildman–Crippen LogP) is 4.37. The summed E-state index contributed by atoms with van der Waals surface area (Å²) in [5.41, 5.74) is 1.77. The van der Waals surface area contributed by atoms with Gasteiger partial charge in [-0.1, -0.05) is 29.8 Å². The molecule has 0 spiro atoms. The molecule has 0 aliphatic carbocycles. The summed E-state index contributed by atoms with van der Waals surface area (Å²) < 4.78 is 46.7. The number of rotatable bonds is 6. The lowest BCUT2D eigenvalue weighted by atomic mass is 10.0. The maximum atomic E-state index is 13.0. The second-order valence-corrected chi connectivity index (χ2v) is 10.9. The van der Waals surface area contributed by atoms with E-state index in [1.807, 2.05) is 31.2 Å². The summed E-state index contributed by atoms with van der Waals surface area (Å²) in [6.45, 7) is 3.61. The summed E-state index contributed by atoms with van der Waals surface area (Å²) in [4.78, 5) is 0. The van der Waals surface area contributed by atoms with Crippen LogP contribution in [0.4, 0.5) is 0 Å². The SMILES string of the molecule is COP1(=O)OC(C)(P(=O)(OC)OC)CC1Cc1ccc(C)cc1. The molecule has 0 N–H and O–H groups in total. The first kappa shape index (κ1) is 18.9. The van der Waals surface area contributed by atoms with Gasteiger partial charge in [0.2, 0.25) is 0 Å². The first-order valence-corrected chi connectivity index (χ1v) is 10.5.